The van der Waals surface area contributed by atoms with E-state index in [9.17, 15) is 9.59 Å². The van der Waals surface area contributed by atoms with E-state index in [0.717, 1.165) is 96.9 Å². The number of aromatic nitrogens is 2. The number of methoxy groups -OCH3 is 2. The first-order valence-electron chi connectivity index (χ1n) is 26.2. The number of ether oxygens (including phenoxy) is 2. The third-order valence-corrected chi connectivity index (χ3v) is 18.6. The second kappa shape index (κ2) is 23.7. The van der Waals surface area contributed by atoms with Crippen LogP contribution in [0.5, 0.6) is 0 Å². The van der Waals surface area contributed by atoms with Gasteiger partial charge in [-0.1, -0.05) is 156 Å². The van der Waals surface area contributed by atoms with Gasteiger partial charge in [-0.25, -0.2) is 9.97 Å². The molecule has 4 aromatic heterocycles. The van der Waals surface area contributed by atoms with Crippen LogP contribution >= 0.6 is 45.3 Å². The number of esters is 2. The lowest BCUT2D eigenvalue weighted by molar-refractivity contribution is -0.141. The van der Waals surface area contributed by atoms with E-state index < -0.39 is 0 Å². The standard InChI is InChI=1S/C68H52N4O4S4/c1-75-63(73)43-17-45-13-27-53(28-14-45)71(55-31-19-49(20-32-55)47-9-5-3-6-10-47)57-35-23-51(24-36-57)59-39-41-61(77-59)65-69-67-68(79-65)70-66(80-67)62-42-40-60(78-62)52-25-37-58(38-26-52)72(54-29-15-46(16-30-54)18-44-64(74)76-2)56-33-21-50(22-34-56)48-11-7-4-8-12-48/h3-16,19-42H,17-18,43-44H2,1-2H3. The van der Waals surface area contributed by atoms with Crippen LogP contribution in [0.15, 0.2) is 231 Å². The minimum Gasteiger partial charge on any atom is -0.469 e. The minimum absolute atomic E-state index is 0.212. The lowest BCUT2D eigenvalue weighted by Crippen LogP contribution is -2.10. The molecule has 0 unspecified atom stereocenters. The van der Waals surface area contributed by atoms with E-state index in [1.807, 2.05) is 12.1 Å². The van der Waals surface area contributed by atoms with Crippen LogP contribution in [-0.2, 0) is 31.9 Å². The van der Waals surface area contributed by atoms with Crippen molar-refractivity contribution in [2.24, 2.45) is 0 Å². The molecule has 8 nitrogen and oxygen atoms in total. The number of thiophene rings is 2. The summed E-state index contributed by atoms with van der Waals surface area (Å²) in [4.78, 5) is 44.9. The van der Waals surface area contributed by atoms with Gasteiger partial charge in [0.2, 0.25) is 0 Å². The molecule has 0 aliphatic rings. The molecular weight excluding hydrogens is 1070 g/mol. The summed E-state index contributed by atoms with van der Waals surface area (Å²) in [5.74, 6) is -0.423. The zero-order valence-corrected chi connectivity index (χ0v) is 47.1. The van der Waals surface area contributed by atoms with Crippen molar-refractivity contribution in [3.63, 3.8) is 0 Å². The Balaban J connectivity index is 0.745. The molecule has 0 amide bonds. The zero-order valence-electron chi connectivity index (χ0n) is 43.8. The topological polar surface area (TPSA) is 84.9 Å². The predicted molar refractivity (Wildman–Crippen MR) is 334 cm³/mol. The van der Waals surface area contributed by atoms with Gasteiger partial charge >= 0.3 is 11.9 Å². The molecule has 8 aromatic carbocycles. The van der Waals surface area contributed by atoms with Gasteiger partial charge in [0.25, 0.3) is 0 Å². The van der Waals surface area contributed by atoms with Crippen molar-refractivity contribution in [1.29, 1.82) is 0 Å². The molecule has 80 heavy (non-hydrogen) atoms. The van der Waals surface area contributed by atoms with Crippen molar-refractivity contribution in [3.05, 3.63) is 242 Å². The molecule has 4 heterocycles. The van der Waals surface area contributed by atoms with E-state index in [4.69, 9.17) is 19.4 Å². The number of anilines is 6. The molecule has 12 heteroatoms. The fraction of sp³-hybridized carbons (Fsp3) is 0.0882. The van der Waals surface area contributed by atoms with Crippen LogP contribution in [0.2, 0.25) is 0 Å². The first-order valence-corrected chi connectivity index (χ1v) is 29.5. The Labute approximate surface area is 481 Å². The number of thiazole rings is 2. The van der Waals surface area contributed by atoms with Gasteiger partial charge in [0.1, 0.15) is 10.0 Å². The molecule has 0 radical (unpaired) electrons. The molecular formula is C68H52N4O4S4. The quantitative estimate of drug-likeness (QED) is 0.0786. The molecule has 0 aliphatic carbocycles. The third kappa shape index (κ3) is 11.5. The van der Waals surface area contributed by atoms with Crippen molar-refractivity contribution in [2.45, 2.75) is 25.7 Å². The minimum atomic E-state index is -0.212. The number of nitrogens with zero attached hydrogens (tertiary/aromatic N) is 4. The van der Waals surface area contributed by atoms with Crippen LogP contribution < -0.4 is 9.80 Å². The van der Waals surface area contributed by atoms with Gasteiger partial charge in [-0.15, -0.1) is 22.7 Å². The van der Waals surface area contributed by atoms with Crippen molar-refractivity contribution >= 4 is 101 Å². The van der Waals surface area contributed by atoms with Gasteiger partial charge in [-0.05, 0) is 154 Å². The fourth-order valence-corrected chi connectivity index (χ4v) is 13.9. The van der Waals surface area contributed by atoms with Crippen LogP contribution in [-0.4, -0.2) is 36.1 Å². The normalized spacial score (nSPS) is 11.2. The van der Waals surface area contributed by atoms with Crippen LogP contribution in [0.1, 0.15) is 24.0 Å². The van der Waals surface area contributed by atoms with Crippen LogP contribution in [0.3, 0.4) is 0 Å². The van der Waals surface area contributed by atoms with Crippen LogP contribution in [0.4, 0.5) is 34.1 Å². The molecule has 0 atom stereocenters. The molecule has 0 N–H and O–H groups in total. The average molecular weight is 1120 g/mol. The molecule has 0 spiro atoms. The highest BCUT2D eigenvalue weighted by Gasteiger charge is 2.20. The number of rotatable bonds is 18. The highest BCUT2D eigenvalue weighted by molar-refractivity contribution is 7.32. The van der Waals surface area contributed by atoms with Crippen LogP contribution in [0, 0.1) is 0 Å². The second-order valence-corrected chi connectivity index (χ2v) is 23.2. The molecule has 392 valence electrons. The number of carbonyl (C=O) groups excluding carboxylic acids is 2. The molecule has 0 aliphatic heterocycles. The number of aryl methyl sites for hydroxylation is 2. The number of fused-ring (bicyclic) bond motifs is 1. The van der Waals surface area contributed by atoms with Crippen molar-refractivity contribution in [2.75, 3.05) is 24.0 Å². The first kappa shape index (κ1) is 51.9. The average Bonchev–Trinajstić information content (AvgIpc) is 4.39. The van der Waals surface area contributed by atoms with E-state index in [-0.39, 0.29) is 11.9 Å². The van der Waals surface area contributed by atoms with Crippen LogP contribution in [0.25, 0.3) is 72.6 Å². The van der Waals surface area contributed by atoms with Crippen molar-refractivity contribution in [1.82, 2.24) is 9.97 Å². The fourth-order valence-electron chi connectivity index (χ4n) is 9.70. The molecule has 0 bridgehead atoms. The van der Waals surface area contributed by atoms with E-state index in [1.165, 1.54) is 35.1 Å². The van der Waals surface area contributed by atoms with Gasteiger partial charge in [-0.2, -0.15) is 0 Å². The predicted octanol–water partition coefficient (Wildman–Crippen LogP) is 19.0. The summed E-state index contributed by atoms with van der Waals surface area (Å²) in [6, 6.07) is 81.3. The monoisotopic (exact) mass is 1120 g/mol. The summed E-state index contributed by atoms with van der Waals surface area (Å²) < 4.78 is 9.75. The summed E-state index contributed by atoms with van der Waals surface area (Å²) >= 11 is 6.77. The Kier molecular flexibility index (Phi) is 15.4. The van der Waals surface area contributed by atoms with E-state index >= 15 is 0 Å². The smallest absolute Gasteiger partial charge is 0.305 e. The molecule has 0 fully saturated rings. The summed E-state index contributed by atoms with van der Waals surface area (Å²) in [7, 11) is 2.85. The maximum Gasteiger partial charge on any atom is 0.305 e. The van der Waals surface area contributed by atoms with Gasteiger partial charge in [0, 0.05) is 56.7 Å². The van der Waals surface area contributed by atoms with Crippen molar-refractivity contribution < 1.29 is 19.1 Å². The number of benzene rings is 8. The Morgan fingerprint density at radius 1 is 0.338 bits per heavy atom. The third-order valence-electron chi connectivity index (χ3n) is 14.0. The van der Waals surface area contributed by atoms with Crippen molar-refractivity contribution in [3.8, 4) is 62.9 Å². The number of carbonyl (C=O) groups is 2. The maximum absolute atomic E-state index is 11.9. The zero-order chi connectivity index (χ0) is 54.4. The summed E-state index contributed by atoms with van der Waals surface area (Å²) in [6.45, 7) is 0. The van der Waals surface area contributed by atoms with E-state index in [2.05, 4.69) is 228 Å². The van der Waals surface area contributed by atoms with Gasteiger partial charge < -0.3 is 19.3 Å². The van der Waals surface area contributed by atoms with Gasteiger partial charge in [0.15, 0.2) is 9.66 Å². The Morgan fingerprint density at radius 3 is 0.950 bits per heavy atom. The largest absolute Gasteiger partial charge is 0.469 e. The van der Waals surface area contributed by atoms with E-state index in [0.29, 0.717) is 25.7 Å². The summed E-state index contributed by atoms with van der Waals surface area (Å²) in [5, 5.41) is 1.95. The molecule has 12 rings (SSSR count). The van der Waals surface area contributed by atoms with Gasteiger partial charge in [-0.3, -0.25) is 9.59 Å². The Hall–Kier alpha value is -8.78. The summed E-state index contributed by atoms with van der Waals surface area (Å²) in [6.07, 6.45) is 1.93. The highest BCUT2D eigenvalue weighted by Crippen LogP contribution is 2.45. The molecule has 0 saturated heterocycles. The second-order valence-electron chi connectivity index (χ2n) is 19.1. The first-order chi connectivity index (χ1) is 39.3. The lowest BCUT2D eigenvalue weighted by Gasteiger charge is -2.26. The molecule has 12 aromatic rings. The number of hydrogen-bond acceptors (Lipinski definition) is 12. The SMILES string of the molecule is COC(=O)CCc1ccc(N(c2ccc(-c3ccccc3)cc2)c2ccc(-c3ccc(-c4nc5sc(-c6ccc(-c7ccc(N(c8ccc(CCC(=O)OC)cc8)c8ccc(-c9ccccc9)cc8)cc7)s6)nc5s4)s3)cc2)cc1. The Morgan fingerprint density at radius 2 is 0.625 bits per heavy atom. The number of hydrogen-bond donors (Lipinski definition) is 0. The van der Waals surface area contributed by atoms with Gasteiger partial charge in [0.05, 0.1) is 24.0 Å². The maximum atomic E-state index is 11.9. The molecule has 0 saturated carbocycles. The Bertz CT molecular complexity index is 3750. The lowest BCUT2D eigenvalue weighted by atomic mass is 10.0. The van der Waals surface area contributed by atoms with E-state index in [1.54, 1.807) is 45.3 Å². The highest BCUT2D eigenvalue weighted by atomic mass is 32.1. The summed E-state index contributed by atoms with van der Waals surface area (Å²) in [5.41, 5.74) is 15.3.